The van der Waals surface area contributed by atoms with Crippen LogP contribution in [0, 0.1) is 5.92 Å². The molecule has 6 heteroatoms. The van der Waals surface area contributed by atoms with Crippen LogP contribution in [0.1, 0.15) is 13.8 Å². The number of halogens is 4. The van der Waals surface area contributed by atoms with Crippen molar-refractivity contribution in [2.75, 3.05) is 6.61 Å². The fourth-order valence-corrected chi connectivity index (χ4v) is 0.397. The van der Waals surface area contributed by atoms with Crippen molar-refractivity contribution >= 4 is 5.97 Å². The predicted octanol–water partition coefficient (Wildman–Crippen LogP) is 2.09. The van der Waals surface area contributed by atoms with Crippen LogP contribution >= 0.6 is 0 Å². The highest BCUT2D eigenvalue weighted by Crippen LogP contribution is 2.23. The second-order valence-corrected chi connectivity index (χ2v) is 2.82. The molecule has 0 aromatic heterocycles. The normalized spacial score (nSPS) is 12.3. The third kappa shape index (κ3) is 4.10. The van der Waals surface area contributed by atoms with Crippen LogP contribution in [0.2, 0.25) is 0 Å². The highest BCUT2D eigenvalue weighted by Gasteiger charge is 2.42. The molecule has 0 atom stereocenters. The molecule has 0 heterocycles. The second kappa shape index (κ2) is 4.43. The smallest absolute Gasteiger partial charge is 0.340 e. The molecule has 2 nitrogen and oxygen atoms in total. The van der Waals surface area contributed by atoms with Gasteiger partial charge in [0.2, 0.25) is 0 Å². The highest BCUT2D eigenvalue weighted by molar-refractivity contribution is 5.71. The number of alkyl halides is 4. The van der Waals surface area contributed by atoms with Crippen molar-refractivity contribution in [2.24, 2.45) is 5.92 Å². The van der Waals surface area contributed by atoms with E-state index in [0.717, 1.165) is 0 Å². The molecule has 0 fully saturated rings. The van der Waals surface area contributed by atoms with Crippen molar-refractivity contribution in [1.29, 1.82) is 0 Å². The van der Waals surface area contributed by atoms with Crippen LogP contribution in [0.5, 0.6) is 0 Å². The molecule has 0 aromatic rings. The van der Waals surface area contributed by atoms with E-state index in [1.165, 1.54) is 13.8 Å². The fourth-order valence-electron chi connectivity index (χ4n) is 0.397. The van der Waals surface area contributed by atoms with Gasteiger partial charge in [0.15, 0.2) is 6.61 Å². The van der Waals surface area contributed by atoms with Crippen molar-refractivity contribution in [3.63, 3.8) is 0 Å². The Balaban J connectivity index is 3.95. The van der Waals surface area contributed by atoms with Crippen LogP contribution < -0.4 is 0 Å². The van der Waals surface area contributed by atoms with Crippen LogP contribution in [0.15, 0.2) is 0 Å². The maximum absolute atomic E-state index is 12.1. The maximum Gasteiger partial charge on any atom is 0.340 e. The van der Waals surface area contributed by atoms with E-state index in [1.54, 1.807) is 0 Å². The van der Waals surface area contributed by atoms with Crippen molar-refractivity contribution in [1.82, 2.24) is 0 Å². The largest absolute Gasteiger partial charge is 0.459 e. The summed E-state index contributed by atoms with van der Waals surface area (Å²) < 4.78 is 51.3. The molecule has 13 heavy (non-hydrogen) atoms. The number of carbonyl (C=O) groups excluding carboxylic acids is 1. The molecule has 0 radical (unpaired) electrons. The molecule has 0 N–H and O–H groups in total. The lowest BCUT2D eigenvalue weighted by atomic mass is 10.2. The first-order valence-electron chi connectivity index (χ1n) is 3.60. The van der Waals surface area contributed by atoms with Gasteiger partial charge < -0.3 is 4.74 Å². The number of hydrogen-bond acceptors (Lipinski definition) is 2. The topological polar surface area (TPSA) is 26.3 Å². The molecule has 78 valence electrons. The average molecular weight is 202 g/mol. The van der Waals surface area contributed by atoms with E-state index in [1.807, 2.05) is 0 Å². The number of esters is 1. The summed E-state index contributed by atoms with van der Waals surface area (Å²) in [5.41, 5.74) is 0. The second-order valence-electron chi connectivity index (χ2n) is 2.82. The molecule has 0 rings (SSSR count). The van der Waals surface area contributed by atoms with E-state index in [0.29, 0.717) is 0 Å². The standard InChI is InChI=1S/C7H10F4O2/c1-4(2)5(12)13-3-7(10,11)6(8)9/h4,6H,3H2,1-2H3. The third-order valence-corrected chi connectivity index (χ3v) is 1.20. The van der Waals surface area contributed by atoms with Gasteiger partial charge in [0.05, 0.1) is 5.92 Å². The summed E-state index contributed by atoms with van der Waals surface area (Å²) in [5, 5.41) is 0. The van der Waals surface area contributed by atoms with E-state index in [9.17, 15) is 22.4 Å². The lowest BCUT2D eigenvalue weighted by Gasteiger charge is -2.15. The molecule has 0 saturated carbocycles. The summed E-state index contributed by atoms with van der Waals surface area (Å²) in [6.07, 6.45) is -3.81. The van der Waals surface area contributed by atoms with Crippen molar-refractivity contribution in [3.8, 4) is 0 Å². The van der Waals surface area contributed by atoms with Gasteiger partial charge in [-0.05, 0) is 0 Å². The molecule has 0 aliphatic rings. The summed E-state index contributed by atoms with van der Waals surface area (Å²) in [7, 11) is 0. The van der Waals surface area contributed by atoms with E-state index in [2.05, 4.69) is 4.74 Å². The van der Waals surface area contributed by atoms with Gasteiger partial charge in [-0.15, -0.1) is 0 Å². The Bertz CT molecular complexity index is 179. The lowest BCUT2D eigenvalue weighted by molar-refractivity contribution is -0.181. The zero-order chi connectivity index (χ0) is 10.6. The minimum atomic E-state index is -4.26. The van der Waals surface area contributed by atoms with Crippen molar-refractivity contribution in [2.45, 2.75) is 26.2 Å². The van der Waals surface area contributed by atoms with E-state index in [-0.39, 0.29) is 0 Å². The number of carbonyl (C=O) groups is 1. The van der Waals surface area contributed by atoms with Gasteiger partial charge in [0, 0.05) is 0 Å². The van der Waals surface area contributed by atoms with Gasteiger partial charge in [-0.25, -0.2) is 8.78 Å². The molecule has 0 bridgehead atoms. The quantitative estimate of drug-likeness (QED) is 0.515. The molecule has 0 aliphatic heterocycles. The number of ether oxygens (including phenoxy) is 1. The monoisotopic (exact) mass is 202 g/mol. The Hall–Kier alpha value is -0.810. The SMILES string of the molecule is CC(C)C(=O)OCC(F)(F)C(F)F. The Morgan fingerprint density at radius 3 is 2.15 bits per heavy atom. The molecule has 0 aliphatic carbocycles. The minimum Gasteiger partial charge on any atom is -0.459 e. The van der Waals surface area contributed by atoms with Gasteiger partial charge in [-0.1, -0.05) is 13.8 Å². The summed E-state index contributed by atoms with van der Waals surface area (Å²) in [5.74, 6) is -5.78. The molecular formula is C7H10F4O2. The Labute approximate surface area is 72.9 Å². The molecule has 0 saturated heterocycles. The van der Waals surface area contributed by atoms with Crippen molar-refractivity contribution in [3.05, 3.63) is 0 Å². The average Bonchev–Trinajstić information content (AvgIpc) is 1.99. The van der Waals surface area contributed by atoms with E-state index >= 15 is 0 Å². The van der Waals surface area contributed by atoms with Crippen molar-refractivity contribution < 1.29 is 27.1 Å². The molecule has 0 aromatic carbocycles. The third-order valence-electron chi connectivity index (χ3n) is 1.20. The first kappa shape index (κ1) is 12.2. The highest BCUT2D eigenvalue weighted by atomic mass is 19.3. The summed E-state index contributed by atoms with van der Waals surface area (Å²) in [4.78, 5) is 10.6. The zero-order valence-corrected chi connectivity index (χ0v) is 7.19. The summed E-state index contributed by atoms with van der Waals surface area (Å²) >= 11 is 0. The van der Waals surface area contributed by atoms with E-state index < -0.39 is 30.8 Å². The van der Waals surface area contributed by atoms with Gasteiger partial charge in [0.1, 0.15) is 0 Å². The summed E-state index contributed by atoms with van der Waals surface area (Å²) in [6, 6.07) is 0. The van der Waals surface area contributed by atoms with Gasteiger partial charge >= 0.3 is 18.3 Å². The molecule has 0 amide bonds. The van der Waals surface area contributed by atoms with Crippen LogP contribution in [-0.4, -0.2) is 24.9 Å². The van der Waals surface area contributed by atoms with Gasteiger partial charge in [0.25, 0.3) is 0 Å². The first-order chi connectivity index (χ1) is 5.77. The van der Waals surface area contributed by atoms with Crippen LogP contribution in [0.25, 0.3) is 0 Å². The van der Waals surface area contributed by atoms with Crippen LogP contribution in [-0.2, 0) is 9.53 Å². The molecular weight excluding hydrogens is 192 g/mol. The summed E-state index contributed by atoms with van der Waals surface area (Å²) in [6.45, 7) is 1.27. The number of rotatable bonds is 4. The van der Waals surface area contributed by atoms with Crippen LogP contribution in [0.3, 0.4) is 0 Å². The Morgan fingerprint density at radius 1 is 1.38 bits per heavy atom. The zero-order valence-electron chi connectivity index (χ0n) is 7.19. The van der Waals surface area contributed by atoms with E-state index in [4.69, 9.17) is 0 Å². The molecule has 0 spiro atoms. The minimum absolute atomic E-state index is 0.603. The number of hydrogen-bond donors (Lipinski definition) is 0. The first-order valence-corrected chi connectivity index (χ1v) is 3.60. The predicted molar refractivity (Wildman–Crippen MR) is 36.7 cm³/mol. The maximum atomic E-state index is 12.1. The lowest BCUT2D eigenvalue weighted by Crippen LogP contribution is -2.34. The Kier molecular flexibility index (Phi) is 4.16. The van der Waals surface area contributed by atoms with Gasteiger partial charge in [-0.2, -0.15) is 8.78 Å². The molecule has 0 unspecified atom stereocenters. The Morgan fingerprint density at radius 2 is 1.85 bits per heavy atom. The van der Waals surface area contributed by atoms with Crippen LogP contribution in [0.4, 0.5) is 17.6 Å². The fraction of sp³-hybridized carbons (Fsp3) is 0.857. The van der Waals surface area contributed by atoms with Gasteiger partial charge in [-0.3, -0.25) is 4.79 Å².